The third-order valence-corrected chi connectivity index (χ3v) is 4.38. The van der Waals surface area contributed by atoms with Crippen LogP contribution in [0.5, 0.6) is 0 Å². The van der Waals surface area contributed by atoms with Crippen molar-refractivity contribution in [3.63, 3.8) is 0 Å². The van der Waals surface area contributed by atoms with Gasteiger partial charge in [0.05, 0.1) is 0 Å². The predicted octanol–water partition coefficient (Wildman–Crippen LogP) is 5.04. The molecule has 2 N–H and O–H groups in total. The Morgan fingerprint density at radius 1 is 1.04 bits per heavy atom. The predicted molar refractivity (Wildman–Crippen MR) is 97.9 cm³/mol. The number of aromatic nitrogens is 2. The van der Waals surface area contributed by atoms with Crippen LogP contribution in [0.3, 0.4) is 0 Å². The molecule has 0 radical (unpaired) electrons. The minimum absolute atomic E-state index is 0.234. The highest BCUT2D eigenvalue weighted by Gasteiger charge is 2.04. The maximum Gasteiger partial charge on any atom is 0.135 e. The van der Waals surface area contributed by atoms with Crippen molar-refractivity contribution in [2.45, 2.75) is 13.5 Å². The molecule has 0 aliphatic carbocycles. The van der Waals surface area contributed by atoms with Crippen molar-refractivity contribution >= 4 is 33.3 Å². The van der Waals surface area contributed by atoms with Gasteiger partial charge < -0.3 is 10.6 Å². The molecule has 0 aliphatic rings. The molecule has 24 heavy (non-hydrogen) atoms. The molecule has 0 fully saturated rings. The molecule has 0 atom stereocenters. The topological polar surface area (TPSA) is 49.8 Å². The highest BCUT2D eigenvalue weighted by Crippen LogP contribution is 2.23. The lowest BCUT2D eigenvalue weighted by atomic mass is 10.2. The number of anilines is 3. The van der Waals surface area contributed by atoms with Gasteiger partial charge in [0, 0.05) is 28.3 Å². The van der Waals surface area contributed by atoms with Crippen molar-refractivity contribution in [3.05, 3.63) is 76.3 Å². The molecule has 0 amide bonds. The van der Waals surface area contributed by atoms with Crippen molar-refractivity contribution in [1.29, 1.82) is 0 Å². The fourth-order valence-electron chi connectivity index (χ4n) is 2.17. The minimum atomic E-state index is -0.234. The van der Waals surface area contributed by atoms with E-state index in [1.54, 1.807) is 18.2 Å². The molecule has 6 heteroatoms. The van der Waals surface area contributed by atoms with Crippen LogP contribution in [0.4, 0.5) is 21.7 Å². The van der Waals surface area contributed by atoms with Gasteiger partial charge in [-0.3, -0.25) is 0 Å². The zero-order valence-electron chi connectivity index (χ0n) is 13.1. The average molecular weight is 387 g/mol. The van der Waals surface area contributed by atoms with Gasteiger partial charge in [0.15, 0.2) is 0 Å². The summed E-state index contributed by atoms with van der Waals surface area (Å²) in [6.45, 7) is 2.39. The first kappa shape index (κ1) is 16.4. The van der Waals surface area contributed by atoms with Crippen LogP contribution in [-0.2, 0) is 6.54 Å². The van der Waals surface area contributed by atoms with Gasteiger partial charge in [-0.25, -0.2) is 14.4 Å². The first-order chi connectivity index (χ1) is 11.6. The van der Waals surface area contributed by atoms with Gasteiger partial charge in [-0.1, -0.05) is 40.2 Å². The lowest BCUT2D eigenvalue weighted by Crippen LogP contribution is -2.04. The van der Waals surface area contributed by atoms with Gasteiger partial charge >= 0.3 is 0 Å². The number of nitrogens with zero attached hydrogens (tertiary/aromatic N) is 2. The SMILES string of the molecule is Cc1ccc(Nc2cc(NCc3ccccc3F)ncn2)cc1Br. The number of nitrogens with one attached hydrogen (secondary N) is 2. The highest BCUT2D eigenvalue weighted by molar-refractivity contribution is 9.10. The van der Waals surface area contributed by atoms with Crippen molar-refractivity contribution in [3.8, 4) is 0 Å². The van der Waals surface area contributed by atoms with Crippen LogP contribution in [0.15, 0.2) is 59.3 Å². The second-order valence-corrected chi connectivity index (χ2v) is 6.18. The molecule has 122 valence electrons. The molecule has 1 heterocycles. The van der Waals surface area contributed by atoms with E-state index in [0.29, 0.717) is 23.7 Å². The quantitative estimate of drug-likeness (QED) is 0.644. The molecule has 2 aromatic carbocycles. The molecule has 0 spiro atoms. The maximum absolute atomic E-state index is 13.6. The second-order valence-electron chi connectivity index (χ2n) is 5.32. The number of rotatable bonds is 5. The van der Waals surface area contributed by atoms with Crippen LogP contribution >= 0.6 is 15.9 Å². The standard InChI is InChI=1S/C18H16BrFN4/c1-12-6-7-14(8-15(12)19)24-18-9-17(22-11-23-18)21-10-13-4-2-3-5-16(13)20/h2-9,11H,10H2,1H3,(H2,21,22,23,24). The molecule has 0 saturated carbocycles. The Bertz CT molecular complexity index is 854. The largest absolute Gasteiger partial charge is 0.366 e. The van der Waals surface area contributed by atoms with Gasteiger partial charge in [-0.15, -0.1) is 0 Å². The van der Waals surface area contributed by atoms with Gasteiger partial charge in [0.1, 0.15) is 23.8 Å². The molecular formula is C18H16BrFN4. The van der Waals surface area contributed by atoms with E-state index >= 15 is 0 Å². The zero-order chi connectivity index (χ0) is 16.9. The lowest BCUT2D eigenvalue weighted by molar-refractivity contribution is 0.613. The zero-order valence-corrected chi connectivity index (χ0v) is 14.6. The summed E-state index contributed by atoms with van der Waals surface area (Å²) in [5.74, 6) is 1.06. The third-order valence-electron chi connectivity index (χ3n) is 3.53. The summed E-state index contributed by atoms with van der Waals surface area (Å²) in [7, 11) is 0. The van der Waals surface area contributed by atoms with Crippen molar-refractivity contribution in [1.82, 2.24) is 9.97 Å². The van der Waals surface area contributed by atoms with E-state index in [9.17, 15) is 4.39 Å². The fraction of sp³-hybridized carbons (Fsp3) is 0.111. The van der Waals surface area contributed by atoms with Crippen molar-refractivity contribution in [2.24, 2.45) is 0 Å². The van der Waals surface area contributed by atoms with Crippen LogP contribution in [-0.4, -0.2) is 9.97 Å². The molecule has 3 rings (SSSR count). The Kier molecular flexibility index (Phi) is 5.05. The van der Waals surface area contributed by atoms with Gasteiger partial charge in [-0.2, -0.15) is 0 Å². The van der Waals surface area contributed by atoms with Crippen LogP contribution in [0.25, 0.3) is 0 Å². The fourth-order valence-corrected chi connectivity index (χ4v) is 2.55. The highest BCUT2D eigenvalue weighted by atomic mass is 79.9. The first-order valence-electron chi connectivity index (χ1n) is 7.44. The van der Waals surface area contributed by atoms with Gasteiger partial charge in [0.25, 0.3) is 0 Å². The van der Waals surface area contributed by atoms with Crippen LogP contribution < -0.4 is 10.6 Å². The molecule has 4 nitrogen and oxygen atoms in total. The first-order valence-corrected chi connectivity index (χ1v) is 8.23. The van der Waals surface area contributed by atoms with Gasteiger partial charge in [0.2, 0.25) is 0 Å². The number of hydrogen-bond acceptors (Lipinski definition) is 4. The molecule has 0 saturated heterocycles. The van der Waals surface area contributed by atoms with E-state index in [0.717, 1.165) is 15.7 Å². The van der Waals surface area contributed by atoms with E-state index in [-0.39, 0.29) is 5.82 Å². The van der Waals surface area contributed by atoms with Gasteiger partial charge in [-0.05, 0) is 30.7 Å². The molecule has 3 aromatic rings. The second kappa shape index (κ2) is 7.40. The smallest absolute Gasteiger partial charge is 0.135 e. The summed E-state index contributed by atoms with van der Waals surface area (Å²) in [4.78, 5) is 8.37. The number of aryl methyl sites for hydroxylation is 1. The number of halogens is 2. The Balaban J connectivity index is 1.69. The summed E-state index contributed by atoms with van der Waals surface area (Å²) < 4.78 is 14.7. The lowest BCUT2D eigenvalue weighted by Gasteiger charge is -2.10. The third kappa shape index (κ3) is 4.08. The van der Waals surface area contributed by atoms with E-state index in [4.69, 9.17) is 0 Å². The minimum Gasteiger partial charge on any atom is -0.366 e. The molecular weight excluding hydrogens is 371 g/mol. The molecule has 1 aromatic heterocycles. The summed E-state index contributed by atoms with van der Waals surface area (Å²) in [5, 5.41) is 6.33. The maximum atomic E-state index is 13.6. The Morgan fingerprint density at radius 2 is 1.83 bits per heavy atom. The summed E-state index contributed by atoms with van der Waals surface area (Å²) in [5.41, 5.74) is 2.68. The Labute approximate surface area is 148 Å². The van der Waals surface area contributed by atoms with E-state index in [2.05, 4.69) is 36.5 Å². The van der Waals surface area contributed by atoms with E-state index in [1.807, 2.05) is 31.2 Å². The van der Waals surface area contributed by atoms with Crippen LogP contribution in [0, 0.1) is 12.7 Å². The van der Waals surface area contributed by atoms with Crippen molar-refractivity contribution in [2.75, 3.05) is 10.6 Å². The Hall–Kier alpha value is -2.47. The molecule has 0 unspecified atom stereocenters. The van der Waals surface area contributed by atoms with E-state index < -0.39 is 0 Å². The molecule has 0 aliphatic heterocycles. The molecule has 0 bridgehead atoms. The summed E-state index contributed by atoms with van der Waals surface area (Å²) >= 11 is 3.51. The average Bonchev–Trinajstić information content (AvgIpc) is 2.58. The summed E-state index contributed by atoms with van der Waals surface area (Å²) in [6.07, 6.45) is 1.47. The van der Waals surface area contributed by atoms with Crippen LogP contribution in [0.2, 0.25) is 0 Å². The normalized spacial score (nSPS) is 10.5. The Morgan fingerprint density at radius 3 is 2.62 bits per heavy atom. The number of hydrogen-bond donors (Lipinski definition) is 2. The monoisotopic (exact) mass is 386 g/mol. The summed E-state index contributed by atoms with van der Waals surface area (Å²) in [6, 6.07) is 14.4. The number of benzene rings is 2. The van der Waals surface area contributed by atoms with E-state index in [1.165, 1.54) is 12.4 Å². The van der Waals surface area contributed by atoms with Crippen molar-refractivity contribution < 1.29 is 4.39 Å². The van der Waals surface area contributed by atoms with Crippen LogP contribution in [0.1, 0.15) is 11.1 Å².